The Labute approximate surface area is 76.2 Å². The molecule has 0 saturated carbocycles. The summed E-state index contributed by atoms with van der Waals surface area (Å²) in [6, 6.07) is 0. The van der Waals surface area contributed by atoms with E-state index in [2.05, 4.69) is 4.90 Å². The lowest BCUT2D eigenvalue weighted by Crippen LogP contribution is -2.41. The molecule has 1 N–H and O–H groups in total. The standard InChI is InChI=1S/C8H17NO2S/c1-2-8(10)7-9-3-5-12(11)6-4-9/h8,10H,2-7H2,1H3/t8-/m1/s1. The van der Waals surface area contributed by atoms with Crippen LogP contribution in [0.5, 0.6) is 0 Å². The zero-order valence-corrected chi connectivity index (χ0v) is 8.35. The van der Waals surface area contributed by atoms with Crippen molar-refractivity contribution in [1.82, 2.24) is 4.90 Å². The Morgan fingerprint density at radius 3 is 2.58 bits per heavy atom. The smallest absolute Gasteiger partial charge is 0.0664 e. The summed E-state index contributed by atoms with van der Waals surface area (Å²) in [5.74, 6) is 1.55. The summed E-state index contributed by atoms with van der Waals surface area (Å²) in [7, 11) is -0.601. The van der Waals surface area contributed by atoms with Gasteiger partial charge in [-0.05, 0) is 6.42 Å². The molecule has 0 amide bonds. The molecule has 72 valence electrons. The monoisotopic (exact) mass is 191 g/mol. The third-order valence-corrected chi connectivity index (χ3v) is 3.49. The summed E-state index contributed by atoms with van der Waals surface area (Å²) in [5, 5.41) is 9.36. The van der Waals surface area contributed by atoms with Crippen LogP contribution in [0.1, 0.15) is 13.3 Å². The molecule has 1 aliphatic heterocycles. The summed E-state index contributed by atoms with van der Waals surface area (Å²) in [6.45, 7) is 4.48. The lowest BCUT2D eigenvalue weighted by atomic mass is 10.2. The Morgan fingerprint density at radius 2 is 2.08 bits per heavy atom. The predicted molar refractivity (Wildman–Crippen MR) is 50.6 cm³/mol. The quantitative estimate of drug-likeness (QED) is 0.673. The topological polar surface area (TPSA) is 40.5 Å². The van der Waals surface area contributed by atoms with E-state index in [0.29, 0.717) is 0 Å². The first-order valence-electron chi connectivity index (χ1n) is 4.47. The van der Waals surface area contributed by atoms with Crippen LogP contribution in [0.25, 0.3) is 0 Å². The van der Waals surface area contributed by atoms with Gasteiger partial charge in [-0.3, -0.25) is 9.11 Å². The average molecular weight is 191 g/mol. The number of aliphatic hydroxyl groups excluding tert-OH is 1. The van der Waals surface area contributed by atoms with Crippen molar-refractivity contribution in [2.75, 3.05) is 31.1 Å². The molecule has 0 bridgehead atoms. The molecule has 1 saturated heterocycles. The fourth-order valence-electron chi connectivity index (χ4n) is 1.29. The molecule has 0 aromatic rings. The summed E-state index contributed by atoms with van der Waals surface area (Å²) in [6.07, 6.45) is 0.594. The third-order valence-electron chi connectivity index (χ3n) is 2.21. The van der Waals surface area contributed by atoms with Crippen molar-refractivity contribution < 1.29 is 9.32 Å². The van der Waals surface area contributed by atoms with E-state index in [0.717, 1.165) is 37.6 Å². The molecule has 1 heterocycles. The number of aliphatic hydroxyl groups is 1. The highest BCUT2D eigenvalue weighted by molar-refractivity contribution is 7.85. The highest BCUT2D eigenvalue weighted by Gasteiger charge is 2.16. The number of hydrogen-bond donors (Lipinski definition) is 1. The normalized spacial score (nSPS) is 24.2. The van der Waals surface area contributed by atoms with Crippen LogP contribution in [0.3, 0.4) is 0 Å². The molecule has 12 heavy (non-hydrogen) atoms. The van der Waals surface area contributed by atoms with Crippen molar-refractivity contribution in [1.29, 1.82) is 0 Å². The summed E-state index contributed by atoms with van der Waals surface area (Å²) in [5.41, 5.74) is 0. The van der Waals surface area contributed by atoms with Gasteiger partial charge in [0.1, 0.15) is 0 Å². The minimum absolute atomic E-state index is 0.212. The molecule has 0 unspecified atom stereocenters. The Balaban J connectivity index is 2.21. The van der Waals surface area contributed by atoms with E-state index < -0.39 is 10.8 Å². The van der Waals surface area contributed by atoms with Gasteiger partial charge in [0.25, 0.3) is 0 Å². The minimum atomic E-state index is -0.601. The molecule has 1 atom stereocenters. The second kappa shape index (κ2) is 4.94. The fourth-order valence-corrected chi connectivity index (χ4v) is 2.41. The second-order valence-corrected chi connectivity index (χ2v) is 4.91. The van der Waals surface area contributed by atoms with Gasteiger partial charge < -0.3 is 5.11 Å². The van der Waals surface area contributed by atoms with Gasteiger partial charge in [0.15, 0.2) is 0 Å². The molecule has 0 aliphatic carbocycles. The van der Waals surface area contributed by atoms with E-state index in [4.69, 9.17) is 0 Å². The molecule has 1 aliphatic rings. The molecule has 0 aromatic heterocycles. The molecular formula is C8H17NO2S. The lowest BCUT2D eigenvalue weighted by molar-refractivity contribution is 0.114. The van der Waals surface area contributed by atoms with Crippen LogP contribution >= 0.6 is 0 Å². The van der Waals surface area contributed by atoms with E-state index in [-0.39, 0.29) is 6.10 Å². The molecule has 1 fully saturated rings. The summed E-state index contributed by atoms with van der Waals surface area (Å²) < 4.78 is 11.0. The highest BCUT2D eigenvalue weighted by Crippen LogP contribution is 2.02. The average Bonchev–Trinajstić information content (AvgIpc) is 2.09. The van der Waals surface area contributed by atoms with Crippen LogP contribution in [0.2, 0.25) is 0 Å². The van der Waals surface area contributed by atoms with E-state index in [1.807, 2.05) is 6.92 Å². The van der Waals surface area contributed by atoms with E-state index in [9.17, 15) is 9.32 Å². The Bertz CT molecular complexity index is 153. The maximum absolute atomic E-state index is 11.0. The van der Waals surface area contributed by atoms with E-state index >= 15 is 0 Å². The van der Waals surface area contributed by atoms with Crippen molar-refractivity contribution in [2.45, 2.75) is 19.4 Å². The van der Waals surface area contributed by atoms with Crippen LogP contribution in [-0.4, -0.2) is 51.5 Å². The molecule has 1 rings (SSSR count). The predicted octanol–water partition coefficient (Wildman–Crippen LogP) is -0.178. The molecule has 3 nitrogen and oxygen atoms in total. The van der Waals surface area contributed by atoms with Gasteiger partial charge in [0.2, 0.25) is 0 Å². The Hall–Kier alpha value is 0.0700. The zero-order valence-electron chi connectivity index (χ0n) is 7.53. The zero-order chi connectivity index (χ0) is 8.97. The number of hydrogen-bond acceptors (Lipinski definition) is 3. The van der Waals surface area contributed by atoms with Crippen LogP contribution in [0, 0.1) is 0 Å². The molecule has 0 spiro atoms. The molecule has 0 radical (unpaired) electrons. The third kappa shape index (κ3) is 3.21. The fraction of sp³-hybridized carbons (Fsp3) is 1.00. The van der Waals surface area contributed by atoms with Gasteiger partial charge in [-0.15, -0.1) is 0 Å². The summed E-state index contributed by atoms with van der Waals surface area (Å²) in [4.78, 5) is 2.19. The van der Waals surface area contributed by atoms with Gasteiger partial charge in [0, 0.05) is 41.9 Å². The lowest BCUT2D eigenvalue weighted by Gasteiger charge is -2.27. The Morgan fingerprint density at radius 1 is 1.50 bits per heavy atom. The van der Waals surface area contributed by atoms with Crippen LogP contribution in [-0.2, 0) is 10.8 Å². The van der Waals surface area contributed by atoms with Crippen molar-refractivity contribution >= 4 is 10.8 Å². The number of β-amino-alcohol motifs (C(OH)–C–C–N with tert-alkyl or cyclic N) is 1. The van der Waals surface area contributed by atoms with Crippen LogP contribution < -0.4 is 0 Å². The van der Waals surface area contributed by atoms with E-state index in [1.54, 1.807) is 0 Å². The first-order valence-corrected chi connectivity index (χ1v) is 5.96. The second-order valence-electron chi connectivity index (χ2n) is 3.21. The number of rotatable bonds is 3. The van der Waals surface area contributed by atoms with Crippen molar-refractivity contribution in [3.63, 3.8) is 0 Å². The van der Waals surface area contributed by atoms with Crippen LogP contribution in [0.15, 0.2) is 0 Å². The molecule has 4 heteroatoms. The van der Waals surface area contributed by atoms with Crippen molar-refractivity contribution in [3.8, 4) is 0 Å². The first kappa shape index (κ1) is 10.2. The maximum Gasteiger partial charge on any atom is 0.0664 e. The first-order chi connectivity index (χ1) is 5.72. The highest BCUT2D eigenvalue weighted by atomic mass is 32.2. The van der Waals surface area contributed by atoms with Gasteiger partial charge in [-0.2, -0.15) is 0 Å². The SMILES string of the molecule is CC[C@@H](O)CN1CCS(=O)CC1. The maximum atomic E-state index is 11.0. The summed E-state index contributed by atoms with van der Waals surface area (Å²) >= 11 is 0. The van der Waals surface area contributed by atoms with Crippen molar-refractivity contribution in [3.05, 3.63) is 0 Å². The van der Waals surface area contributed by atoms with Crippen molar-refractivity contribution in [2.24, 2.45) is 0 Å². The Kier molecular flexibility index (Phi) is 4.18. The van der Waals surface area contributed by atoms with Gasteiger partial charge in [-0.1, -0.05) is 6.92 Å². The van der Waals surface area contributed by atoms with Gasteiger partial charge in [-0.25, -0.2) is 0 Å². The molecular weight excluding hydrogens is 174 g/mol. The van der Waals surface area contributed by atoms with Crippen LogP contribution in [0.4, 0.5) is 0 Å². The molecule has 0 aromatic carbocycles. The largest absolute Gasteiger partial charge is 0.392 e. The minimum Gasteiger partial charge on any atom is -0.392 e. The number of nitrogens with zero attached hydrogens (tertiary/aromatic N) is 1. The van der Waals surface area contributed by atoms with Gasteiger partial charge >= 0.3 is 0 Å². The van der Waals surface area contributed by atoms with Gasteiger partial charge in [0.05, 0.1) is 6.10 Å². The van der Waals surface area contributed by atoms with E-state index in [1.165, 1.54) is 0 Å².